The first-order chi connectivity index (χ1) is 11.9. The van der Waals surface area contributed by atoms with Crippen molar-refractivity contribution in [3.05, 3.63) is 64.2 Å². The SMILES string of the molecule is Cc1cc(Cl)cc2c1N(Cc1ccccc1)C(=O)C21NC(=O)NC1=O. The van der Waals surface area contributed by atoms with Gasteiger partial charge in [0.05, 0.1) is 12.2 Å². The molecule has 4 rings (SSSR count). The van der Waals surface area contributed by atoms with Gasteiger partial charge in [-0.3, -0.25) is 14.9 Å². The fraction of sp³-hybridized carbons (Fsp3) is 0.167. The summed E-state index contributed by atoms with van der Waals surface area (Å²) < 4.78 is 0. The van der Waals surface area contributed by atoms with E-state index < -0.39 is 23.4 Å². The highest BCUT2D eigenvalue weighted by molar-refractivity contribution is 6.32. The molecule has 1 fully saturated rings. The quantitative estimate of drug-likeness (QED) is 0.640. The van der Waals surface area contributed by atoms with E-state index in [9.17, 15) is 14.4 Å². The van der Waals surface area contributed by atoms with E-state index in [4.69, 9.17) is 11.6 Å². The summed E-state index contributed by atoms with van der Waals surface area (Å²) >= 11 is 6.16. The summed E-state index contributed by atoms with van der Waals surface area (Å²) in [4.78, 5) is 39.0. The third-order valence-electron chi connectivity index (χ3n) is 4.56. The number of anilines is 1. The van der Waals surface area contributed by atoms with Gasteiger partial charge in [-0.2, -0.15) is 0 Å². The molecule has 126 valence electrons. The number of fused-ring (bicyclic) bond motifs is 2. The number of imide groups is 1. The molecule has 7 heteroatoms. The standard InChI is InChI=1S/C18H14ClN3O3/c1-10-7-12(19)8-13-14(10)22(9-11-5-3-2-4-6-11)16(24)18(13)15(23)20-17(25)21-18/h2-8H,9H2,1H3,(H2,20,21,23,25). The number of rotatable bonds is 2. The van der Waals surface area contributed by atoms with Gasteiger partial charge in [0, 0.05) is 10.6 Å². The van der Waals surface area contributed by atoms with E-state index in [0.29, 0.717) is 22.8 Å². The van der Waals surface area contributed by atoms with Crippen molar-refractivity contribution < 1.29 is 14.4 Å². The Bertz CT molecular complexity index is 929. The molecule has 6 nitrogen and oxygen atoms in total. The molecule has 25 heavy (non-hydrogen) atoms. The fourth-order valence-corrected chi connectivity index (χ4v) is 3.78. The van der Waals surface area contributed by atoms with Crippen molar-refractivity contribution in [2.24, 2.45) is 0 Å². The largest absolute Gasteiger partial charge is 0.323 e. The molecule has 1 unspecified atom stereocenters. The van der Waals surface area contributed by atoms with Crippen molar-refractivity contribution in [1.82, 2.24) is 10.6 Å². The lowest BCUT2D eigenvalue weighted by Crippen LogP contribution is -2.52. The maximum Gasteiger partial charge on any atom is 0.323 e. The van der Waals surface area contributed by atoms with Crippen molar-refractivity contribution >= 4 is 35.1 Å². The number of carbonyl (C=O) groups is 3. The van der Waals surface area contributed by atoms with Crippen molar-refractivity contribution in [1.29, 1.82) is 0 Å². The molecular formula is C18H14ClN3O3. The Labute approximate surface area is 148 Å². The van der Waals surface area contributed by atoms with Crippen molar-refractivity contribution in [3.63, 3.8) is 0 Å². The molecule has 4 amide bonds. The van der Waals surface area contributed by atoms with Gasteiger partial charge in [-0.25, -0.2) is 4.79 Å². The number of aryl methyl sites for hydroxylation is 1. The van der Waals surface area contributed by atoms with E-state index in [1.54, 1.807) is 12.1 Å². The van der Waals surface area contributed by atoms with E-state index in [-0.39, 0.29) is 0 Å². The predicted molar refractivity (Wildman–Crippen MR) is 92.2 cm³/mol. The minimum absolute atomic E-state index is 0.292. The van der Waals surface area contributed by atoms with Gasteiger partial charge in [0.15, 0.2) is 0 Å². The van der Waals surface area contributed by atoms with Crippen LogP contribution >= 0.6 is 11.6 Å². The summed E-state index contributed by atoms with van der Waals surface area (Å²) in [6.07, 6.45) is 0. The van der Waals surface area contributed by atoms with E-state index in [0.717, 1.165) is 11.1 Å². The van der Waals surface area contributed by atoms with Gasteiger partial charge in [0.1, 0.15) is 0 Å². The van der Waals surface area contributed by atoms with Gasteiger partial charge in [-0.05, 0) is 30.2 Å². The van der Waals surface area contributed by atoms with Gasteiger partial charge in [0.2, 0.25) is 5.54 Å². The van der Waals surface area contributed by atoms with Crippen LogP contribution in [0.3, 0.4) is 0 Å². The number of halogens is 1. The molecule has 0 aliphatic carbocycles. The summed E-state index contributed by atoms with van der Waals surface area (Å²) in [6.45, 7) is 2.11. The van der Waals surface area contributed by atoms with Crippen LogP contribution in [-0.4, -0.2) is 17.8 Å². The molecule has 2 aromatic carbocycles. The number of nitrogens with zero attached hydrogens (tertiary/aromatic N) is 1. The van der Waals surface area contributed by atoms with Gasteiger partial charge < -0.3 is 10.2 Å². The number of urea groups is 1. The lowest BCUT2D eigenvalue weighted by atomic mass is 9.90. The highest BCUT2D eigenvalue weighted by Crippen LogP contribution is 2.45. The smallest absolute Gasteiger partial charge is 0.312 e. The molecule has 0 aromatic heterocycles. The number of hydrogen-bond donors (Lipinski definition) is 2. The van der Waals surface area contributed by atoms with Crippen LogP contribution in [0, 0.1) is 6.92 Å². The number of hydrogen-bond acceptors (Lipinski definition) is 3. The maximum atomic E-state index is 13.2. The zero-order valence-corrected chi connectivity index (χ0v) is 14.1. The molecule has 2 aromatic rings. The monoisotopic (exact) mass is 355 g/mol. The van der Waals surface area contributed by atoms with Crippen LogP contribution < -0.4 is 15.5 Å². The van der Waals surface area contributed by atoms with Crippen LogP contribution in [0.2, 0.25) is 5.02 Å². The van der Waals surface area contributed by atoms with E-state index in [1.165, 1.54) is 4.90 Å². The molecular weight excluding hydrogens is 342 g/mol. The van der Waals surface area contributed by atoms with E-state index in [1.807, 2.05) is 37.3 Å². The molecule has 0 bridgehead atoms. The average Bonchev–Trinajstić information content (AvgIpc) is 2.99. The van der Waals surface area contributed by atoms with Crippen LogP contribution in [0.4, 0.5) is 10.5 Å². The third kappa shape index (κ3) is 2.14. The van der Waals surface area contributed by atoms with Crippen LogP contribution in [0.1, 0.15) is 16.7 Å². The number of amides is 4. The number of carbonyl (C=O) groups excluding carboxylic acids is 3. The van der Waals surface area contributed by atoms with Gasteiger partial charge in [0.25, 0.3) is 11.8 Å². The highest BCUT2D eigenvalue weighted by atomic mass is 35.5. The summed E-state index contributed by atoms with van der Waals surface area (Å²) in [5.74, 6) is -1.17. The molecule has 2 N–H and O–H groups in total. The van der Waals surface area contributed by atoms with Crippen LogP contribution in [0.15, 0.2) is 42.5 Å². The average molecular weight is 356 g/mol. The Hall–Kier alpha value is -2.86. The highest BCUT2D eigenvalue weighted by Gasteiger charge is 2.61. The number of nitrogens with one attached hydrogen (secondary N) is 2. The third-order valence-corrected chi connectivity index (χ3v) is 4.78. The summed E-state index contributed by atoms with van der Waals surface area (Å²) in [5.41, 5.74) is 0.935. The Kier molecular flexibility index (Phi) is 3.33. The van der Waals surface area contributed by atoms with Crippen molar-refractivity contribution in [2.75, 3.05) is 4.90 Å². The van der Waals surface area contributed by atoms with Crippen molar-refractivity contribution in [3.8, 4) is 0 Å². The maximum absolute atomic E-state index is 13.2. The predicted octanol–water partition coefficient (Wildman–Crippen LogP) is 2.23. The summed E-state index contributed by atoms with van der Waals surface area (Å²) in [5, 5.41) is 5.07. The van der Waals surface area contributed by atoms with Gasteiger partial charge >= 0.3 is 6.03 Å². The molecule has 0 radical (unpaired) electrons. The topological polar surface area (TPSA) is 78.5 Å². The Balaban J connectivity index is 1.90. The number of benzene rings is 2. The normalized spacial score (nSPS) is 21.5. The first kappa shape index (κ1) is 15.7. The molecule has 0 saturated carbocycles. The lowest BCUT2D eigenvalue weighted by molar-refractivity contribution is -0.134. The van der Waals surface area contributed by atoms with Crippen molar-refractivity contribution in [2.45, 2.75) is 19.0 Å². The molecule has 1 spiro atoms. The Morgan fingerprint density at radius 1 is 1.12 bits per heavy atom. The molecule has 1 saturated heterocycles. The van der Waals surface area contributed by atoms with Gasteiger partial charge in [-0.1, -0.05) is 41.9 Å². The molecule has 2 aliphatic rings. The minimum atomic E-state index is -1.75. The second-order valence-electron chi connectivity index (χ2n) is 6.15. The Morgan fingerprint density at radius 2 is 1.84 bits per heavy atom. The first-order valence-electron chi connectivity index (χ1n) is 7.73. The summed E-state index contributed by atoms with van der Waals surface area (Å²) in [6, 6.07) is 12.1. The van der Waals surface area contributed by atoms with E-state index >= 15 is 0 Å². The lowest BCUT2D eigenvalue weighted by Gasteiger charge is -2.21. The van der Waals surface area contributed by atoms with E-state index in [2.05, 4.69) is 10.6 Å². The second-order valence-corrected chi connectivity index (χ2v) is 6.59. The van der Waals surface area contributed by atoms with Crippen LogP contribution in [0.5, 0.6) is 0 Å². The minimum Gasteiger partial charge on any atom is -0.312 e. The van der Waals surface area contributed by atoms with Crippen LogP contribution in [-0.2, 0) is 21.7 Å². The first-order valence-corrected chi connectivity index (χ1v) is 8.11. The van der Waals surface area contributed by atoms with Gasteiger partial charge in [-0.15, -0.1) is 0 Å². The molecule has 2 aliphatic heterocycles. The fourth-order valence-electron chi connectivity index (χ4n) is 3.51. The molecule has 2 heterocycles. The van der Waals surface area contributed by atoms with Crippen LogP contribution in [0.25, 0.3) is 0 Å². The zero-order chi connectivity index (χ0) is 17.8. The zero-order valence-electron chi connectivity index (χ0n) is 13.3. The second kappa shape index (κ2) is 5.32. The Morgan fingerprint density at radius 3 is 2.48 bits per heavy atom. The molecule has 1 atom stereocenters. The summed E-state index contributed by atoms with van der Waals surface area (Å²) in [7, 11) is 0.